The van der Waals surface area contributed by atoms with Gasteiger partial charge in [-0.2, -0.15) is 0 Å². The van der Waals surface area contributed by atoms with Gasteiger partial charge in [-0.15, -0.1) is 0 Å². The highest BCUT2D eigenvalue weighted by molar-refractivity contribution is 14.1. The van der Waals surface area contributed by atoms with Crippen LogP contribution in [0.1, 0.15) is 40.0 Å². The molecule has 0 aromatic heterocycles. The fourth-order valence-corrected chi connectivity index (χ4v) is 4.17. The van der Waals surface area contributed by atoms with Crippen molar-refractivity contribution in [2.45, 2.75) is 40.0 Å². The summed E-state index contributed by atoms with van der Waals surface area (Å²) in [5.41, 5.74) is 6.71. The van der Waals surface area contributed by atoms with E-state index in [1.54, 1.807) is 16.7 Å². The van der Waals surface area contributed by atoms with E-state index < -0.39 is 0 Å². The summed E-state index contributed by atoms with van der Waals surface area (Å²) in [6, 6.07) is 0. The van der Waals surface area contributed by atoms with Crippen molar-refractivity contribution >= 4 is 22.6 Å². The van der Waals surface area contributed by atoms with Crippen LogP contribution in [-0.4, -0.2) is 0 Å². The molecule has 0 fully saturated rings. The number of rotatable bonds is 0. The van der Waals surface area contributed by atoms with Gasteiger partial charge in [0, 0.05) is 11.3 Å². The molecule has 3 aliphatic carbocycles. The van der Waals surface area contributed by atoms with Gasteiger partial charge in [-0.25, -0.2) is 0 Å². The fourth-order valence-electron chi connectivity index (χ4n) is 3.59. The van der Waals surface area contributed by atoms with Crippen LogP contribution < -0.4 is 0 Å². The van der Waals surface area contributed by atoms with Crippen molar-refractivity contribution < 1.29 is 0 Å². The molecule has 17 heavy (non-hydrogen) atoms. The first-order valence-corrected chi connectivity index (χ1v) is 7.56. The molecule has 3 rings (SSSR count). The molecule has 0 bridgehead atoms. The maximum absolute atomic E-state index is 2.50. The van der Waals surface area contributed by atoms with Crippen LogP contribution in [0.25, 0.3) is 0 Å². The zero-order valence-corrected chi connectivity index (χ0v) is 13.0. The number of hydrogen-bond acceptors (Lipinski definition) is 0. The van der Waals surface area contributed by atoms with Gasteiger partial charge in [0.05, 0.1) is 0 Å². The third kappa shape index (κ3) is 1.69. The number of allylic oxidation sites excluding steroid dienone is 8. The van der Waals surface area contributed by atoms with E-state index >= 15 is 0 Å². The van der Waals surface area contributed by atoms with E-state index in [9.17, 15) is 0 Å². The summed E-state index contributed by atoms with van der Waals surface area (Å²) in [4.78, 5) is 0. The molecule has 0 amide bonds. The van der Waals surface area contributed by atoms with Crippen molar-refractivity contribution in [2.75, 3.05) is 0 Å². The van der Waals surface area contributed by atoms with Crippen LogP contribution in [0.3, 0.4) is 0 Å². The molecule has 0 nitrogen and oxygen atoms in total. The Morgan fingerprint density at radius 3 is 2.76 bits per heavy atom. The van der Waals surface area contributed by atoms with Crippen LogP contribution in [0.2, 0.25) is 0 Å². The molecular weight excluding hydrogens is 319 g/mol. The normalized spacial score (nSPS) is 30.4. The Hall–Kier alpha value is -0.310. The van der Waals surface area contributed by atoms with E-state index in [1.165, 1.54) is 28.4 Å². The molecule has 0 aliphatic heterocycles. The van der Waals surface area contributed by atoms with Crippen LogP contribution in [-0.2, 0) is 0 Å². The minimum atomic E-state index is 0.256. The van der Waals surface area contributed by atoms with Crippen LogP contribution in [0.15, 0.2) is 44.1 Å². The highest BCUT2D eigenvalue weighted by atomic mass is 127. The lowest BCUT2D eigenvalue weighted by molar-refractivity contribution is 0.526. The molecule has 1 atom stereocenters. The van der Waals surface area contributed by atoms with Crippen molar-refractivity contribution in [3.8, 4) is 0 Å². The summed E-state index contributed by atoms with van der Waals surface area (Å²) in [6.07, 6.45) is 11.1. The average molecular weight is 338 g/mol. The van der Waals surface area contributed by atoms with Gasteiger partial charge in [-0.05, 0) is 64.0 Å². The molecule has 3 aliphatic rings. The molecule has 0 N–H and O–H groups in total. The Morgan fingerprint density at radius 1 is 1.24 bits per heavy atom. The van der Waals surface area contributed by atoms with Crippen molar-refractivity contribution in [2.24, 2.45) is 11.3 Å². The van der Waals surface area contributed by atoms with E-state index in [-0.39, 0.29) is 5.41 Å². The second-order valence-electron chi connectivity index (χ2n) is 5.99. The first-order chi connectivity index (χ1) is 8.00. The van der Waals surface area contributed by atoms with Crippen molar-refractivity contribution in [3.63, 3.8) is 0 Å². The predicted octanol–water partition coefficient (Wildman–Crippen LogP) is 5.33. The Bertz CT molecular complexity index is 498. The molecule has 90 valence electrons. The third-order valence-electron chi connectivity index (χ3n) is 4.53. The smallest absolute Gasteiger partial charge is 0.0114 e. The Balaban J connectivity index is 2.14. The lowest BCUT2D eigenvalue weighted by atomic mass is 9.76. The number of fused-ring (bicyclic) bond motifs is 2. The molecule has 0 saturated carbocycles. The first kappa shape index (κ1) is 11.8. The number of halogens is 1. The molecule has 0 unspecified atom stereocenters. The van der Waals surface area contributed by atoms with Gasteiger partial charge < -0.3 is 0 Å². The maximum atomic E-state index is 2.50. The Kier molecular flexibility index (Phi) is 2.66. The highest BCUT2D eigenvalue weighted by Gasteiger charge is 2.43. The topological polar surface area (TPSA) is 0 Å². The van der Waals surface area contributed by atoms with Gasteiger partial charge in [-0.1, -0.05) is 42.7 Å². The Labute approximate surface area is 118 Å². The highest BCUT2D eigenvalue weighted by Crippen LogP contribution is 2.56. The summed E-state index contributed by atoms with van der Waals surface area (Å²) in [5, 5.41) is 0. The van der Waals surface area contributed by atoms with Gasteiger partial charge in [-0.3, -0.25) is 0 Å². The molecule has 0 saturated heterocycles. The first-order valence-electron chi connectivity index (χ1n) is 6.48. The molecular formula is C16H19I. The quantitative estimate of drug-likeness (QED) is 0.524. The summed E-state index contributed by atoms with van der Waals surface area (Å²) in [7, 11) is 0. The lowest BCUT2D eigenvalue weighted by Crippen LogP contribution is -2.16. The maximum Gasteiger partial charge on any atom is 0.0114 e. The van der Waals surface area contributed by atoms with Gasteiger partial charge >= 0.3 is 0 Å². The van der Waals surface area contributed by atoms with E-state index in [4.69, 9.17) is 0 Å². The van der Waals surface area contributed by atoms with E-state index in [2.05, 4.69) is 61.6 Å². The van der Waals surface area contributed by atoms with Crippen LogP contribution in [0, 0.1) is 11.3 Å². The van der Waals surface area contributed by atoms with Crippen molar-refractivity contribution in [1.82, 2.24) is 0 Å². The minimum absolute atomic E-state index is 0.256. The monoisotopic (exact) mass is 338 g/mol. The second kappa shape index (κ2) is 3.84. The van der Waals surface area contributed by atoms with Gasteiger partial charge in [0.1, 0.15) is 0 Å². The van der Waals surface area contributed by atoms with Crippen LogP contribution >= 0.6 is 22.6 Å². The van der Waals surface area contributed by atoms with E-state index in [1.807, 2.05) is 0 Å². The summed E-state index contributed by atoms with van der Waals surface area (Å²) < 4.78 is 1.53. The minimum Gasteiger partial charge on any atom is -0.0807 e. The SMILES string of the molecule is CC1=CC[C@H]2C(=C1)C(C)(C)C1=C2CCC(I)=C1. The summed E-state index contributed by atoms with van der Waals surface area (Å²) in [5.74, 6) is 0.712. The van der Waals surface area contributed by atoms with Crippen molar-refractivity contribution in [3.05, 3.63) is 44.1 Å². The van der Waals surface area contributed by atoms with E-state index in [0.717, 1.165) is 0 Å². The molecule has 0 aromatic carbocycles. The predicted molar refractivity (Wildman–Crippen MR) is 82.1 cm³/mol. The van der Waals surface area contributed by atoms with Crippen LogP contribution in [0.5, 0.6) is 0 Å². The van der Waals surface area contributed by atoms with Gasteiger partial charge in [0.15, 0.2) is 0 Å². The third-order valence-corrected chi connectivity index (χ3v) is 5.38. The summed E-state index contributed by atoms with van der Waals surface area (Å²) >= 11 is 2.50. The zero-order chi connectivity index (χ0) is 12.2. The van der Waals surface area contributed by atoms with Gasteiger partial charge in [0.2, 0.25) is 0 Å². The van der Waals surface area contributed by atoms with Crippen molar-refractivity contribution in [1.29, 1.82) is 0 Å². The molecule has 0 spiro atoms. The largest absolute Gasteiger partial charge is 0.0807 e. The zero-order valence-electron chi connectivity index (χ0n) is 10.8. The summed E-state index contributed by atoms with van der Waals surface area (Å²) in [6.45, 7) is 7.03. The Morgan fingerprint density at radius 2 is 2.00 bits per heavy atom. The standard InChI is InChI=1S/C16H19I/c1-10-4-6-12-13-7-5-11(17)9-15(13)16(2,3)14(12)8-10/h4,8-9,12H,5-7H2,1-3H3/t12-/m1/s1. The van der Waals surface area contributed by atoms with Crippen LogP contribution in [0.4, 0.5) is 0 Å². The van der Waals surface area contributed by atoms with Gasteiger partial charge in [0.25, 0.3) is 0 Å². The molecule has 1 heteroatoms. The number of hydrogen-bond donors (Lipinski definition) is 0. The van der Waals surface area contributed by atoms with E-state index in [0.29, 0.717) is 5.92 Å². The molecule has 0 aromatic rings. The average Bonchev–Trinajstić information content (AvgIpc) is 2.49. The second-order valence-corrected chi connectivity index (χ2v) is 7.38. The molecule has 0 heterocycles. The molecule has 0 radical (unpaired) electrons. The lowest BCUT2D eigenvalue weighted by Gasteiger charge is -2.28. The fraction of sp³-hybridized carbons (Fsp3) is 0.500.